The summed E-state index contributed by atoms with van der Waals surface area (Å²) in [5.74, 6) is -0.0996. The number of rotatable bonds is 3. The number of carbonyl (C=O) groups excluding carboxylic acids is 1. The molecule has 0 bridgehead atoms. The monoisotopic (exact) mass is 278 g/mol. The maximum Gasteiger partial charge on any atom is 0.280 e. The third kappa shape index (κ3) is 2.13. The second-order valence-electron chi connectivity index (χ2n) is 4.38. The van der Waals surface area contributed by atoms with Crippen molar-refractivity contribution in [2.24, 2.45) is 0 Å². The number of nitrogens with zero attached hydrogens (tertiary/aromatic N) is 1. The molecule has 2 aromatic rings. The van der Waals surface area contributed by atoms with Gasteiger partial charge in [-0.1, -0.05) is 23.7 Å². The van der Waals surface area contributed by atoms with E-state index in [2.05, 4.69) is 10.3 Å². The molecule has 1 fully saturated rings. The molecule has 5 heteroatoms. The van der Waals surface area contributed by atoms with Gasteiger partial charge in [0.25, 0.3) is 5.91 Å². The van der Waals surface area contributed by atoms with Crippen molar-refractivity contribution in [2.75, 3.05) is 0 Å². The summed E-state index contributed by atoms with van der Waals surface area (Å²) in [7, 11) is 0. The van der Waals surface area contributed by atoms with E-state index in [1.165, 1.54) is 11.3 Å². The number of carbonyl (C=O) groups is 1. The molecule has 1 aromatic heterocycles. The topological polar surface area (TPSA) is 42.0 Å². The maximum atomic E-state index is 12.0. The van der Waals surface area contributed by atoms with Gasteiger partial charge in [-0.2, -0.15) is 0 Å². The fourth-order valence-electron chi connectivity index (χ4n) is 1.99. The summed E-state index contributed by atoms with van der Waals surface area (Å²) in [6, 6.07) is 7.65. The van der Waals surface area contributed by atoms with E-state index < -0.39 is 0 Å². The summed E-state index contributed by atoms with van der Waals surface area (Å²) in [6.07, 6.45) is 3.57. The van der Waals surface area contributed by atoms with Gasteiger partial charge in [-0.3, -0.25) is 4.79 Å². The number of thiazole rings is 1. The Morgan fingerprint density at radius 2 is 2.06 bits per heavy atom. The van der Waals surface area contributed by atoms with Crippen LogP contribution < -0.4 is 5.32 Å². The number of hydrogen-bond acceptors (Lipinski definition) is 3. The van der Waals surface area contributed by atoms with Crippen LogP contribution in [0.3, 0.4) is 0 Å². The third-order valence-electron chi connectivity index (χ3n) is 3.13. The second kappa shape index (κ2) is 4.37. The molecule has 0 unspecified atom stereocenters. The van der Waals surface area contributed by atoms with E-state index in [0.717, 1.165) is 18.4 Å². The van der Waals surface area contributed by atoms with E-state index in [9.17, 15) is 4.79 Å². The predicted octanol–water partition coefficient (Wildman–Crippen LogP) is 3.22. The lowest BCUT2D eigenvalue weighted by Gasteiger charge is -2.17. The first-order chi connectivity index (χ1) is 8.70. The van der Waals surface area contributed by atoms with Gasteiger partial charge in [0.2, 0.25) is 0 Å². The van der Waals surface area contributed by atoms with Gasteiger partial charge < -0.3 is 5.32 Å². The van der Waals surface area contributed by atoms with E-state index in [1.807, 2.05) is 24.3 Å². The standard InChI is InChI=1S/C13H11ClN2OS/c14-10-3-1-9(2-4-10)13(5-6-13)16-11(17)12-15-7-8-18-12/h1-4,7-8H,5-6H2,(H,16,17). The van der Waals surface area contributed by atoms with E-state index in [-0.39, 0.29) is 11.4 Å². The molecule has 3 rings (SSSR count). The zero-order valence-electron chi connectivity index (χ0n) is 9.52. The lowest BCUT2D eigenvalue weighted by Crippen LogP contribution is -2.34. The highest BCUT2D eigenvalue weighted by molar-refractivity contribution is 7.11. The van der Waals surface area contributed by atoms with Gasteiger partial charge in [0.1, 0.15) is 0 Å². The van der Waals surface area contributed by atoms with Crippen molar-refractivity contribution in [1.82, 2.24) is 10.3 Å². The first kappa shape index (κ1) is 11.7. The molecule has 0 spiro atoms. The number of benzene rings is 1. The van der Waals surface area contributed by atoms with Crippen LogP contribution >= 0.6 is 22.9 Å². The summed E-state index contributed by atoms with van der Waals surface area (Å²) in [5, 5.41) is 6.09. The molecule has 0 atom stereocenters. The normalized spacial score (nSPS) is 16.3. The molecule has 0 radical (unpaired) electrons. The highest BCUT2D eigenvalue weighted by Gasteiger charge is 2.45. The SMILES string of the molecule is O=C(NC1(c2ccc(Cl)cc2)CC1)c1nccs1. The Morgan fingerprint density at radius 1 is 1.33 bits per heavy atom. The Morgan fingerprint density at radius 3 is 2.61 bits per heavy atom. The zero-order chi connectivity index (χ0) is 12.6. The van der Waals surface area contributed by atoms with Crippen molar-refractivity contribution in [3.63, 3.8) is 0 Å². The zero-order valence-corrected chi connectivity index (χ0v) is 11.1. The molecule has 0 aliphatic heterocycles. The van der Waals surface area contributed by atoms with Gasteiger partial charge in [0, 0.05) is 16.6 Å². The predicted molar refractivity (Wildman–Crippen MR) is 71.9 cm³/mol. The fraction of sp³-hybridized carbons (Fsp3) is 0.231. The largest absolute Gasteiger partial charge is 0.340 e. The molecular formula is C13H11ClN2OS. The highest BCUT2D eigenvalue weighted by Crippen LogP contribution is 2.45. The van der Waals surface area contributed by atoms with Gasteiger partial charge >= 0.3 is 0 Å². The quantitative estimate of drug-likeness (QED) is 0.937. The van der Waals surface area contributed by atoms with Crippen LogP contribution in [0.15, 0.2) is 35.8 Å². The van der Waals surface area contributed by atoms with Crippen molar-refractivity contribution in [3.8, 4) is 0 Å². The molecule has 18 heavy (non-hydrogen) atoms. The number of amides is 1. The molecule has 0 saturated heterocycles. The Kier molecular flexibility index (Phi) is 2.84. The molecule has 1 aromatic carbocycles. The average Bonchev–Trinajstić information content (AvgIpc) is 2.94. The average molecular weight is 279 g/mol. The van der Waals surface area contributed by atoms with Gasteiger partial charge in [0.15, 0.2) is 5.01 Å². The van der Waals surface area contributed by atoms with Crippen LogP contribution in [0.5, 0.6) is 0 Å². The third-order valence-corrected chi connectivity index (χ3v) is 4.15. The highest BCUT2D eigenvalue weighted by atomic mass is 35.5. The fourth-order valence-corrected chi connectivity index (χ4v) is 2.64. The smallest absolute Gasteiger partial charge is 0.280 e. The van der Waals surface area contributed by atoms with Crippen LogP contribution in [0.1, 0.15) is 28.2 Å². The van der Waals surface area contributed by atoms with Crippen molar-refractivity contribution < 1.29 is 4.79 Å². The van der Waals surface area contributed by atoms with Gasteiger partial charge in [-0.15, -0.1) is 11.3 Å². The number of nitrogens with one attached hydrogen (secondary N) is 1. The maximum absolute atomic E-state index is 12.0. The summed E-state index contributed by atoms with van der Waals surface area (Å²) in [4.78, 5) is 16.0. The molecule has 3 nitrogen and oxygen atoms in total. The minimum atomic E-state index is -0.215. The first-order valence-electron chi connectivity index (χ1n) is 5.68. The van der Waals surface area contributed by atoms with Crippen LogP contribution in [0.2, 0.25) is 5.02 Å². The van der Waals surface area contributed by atoms with Gasteiger partial charge in [-0.25, -0.2) is 4.98 Å². The molecule has 1 saturated carbocycles. The molecule has 1 amide bonds. The van der Waals surface area contributed by atoms with Crippen molar-refractivity contribution >= 4 is 28.8 Å². The molecule has 92 valence electrons. The molecule has 1 aliphatic rings. The van der Waals surface area contributed by atoms with Crippen molar-refractivity contribution in [2.45, 2.75) is 18.4 Å². The molecule has 1 N–H and O–H groups in total. The number of aromatic nitrogens is 1. The molecule has 1 aliphatic carbocycles. The lowest BCUT2D eigenvalue weighted by atomic mass is 10.1. The van der Waals surface area contributed by atoms with Crippen molar-refractivity contribution in [1.29, 1.82) is 0 Å². The molecule has 1 heterocycles. The van der Waals surface area contributed by atoms with Crippen LogP contribution in [0.25, 0.3) is 0 Å². The summed E-state index contributed by atoms with van der Waals surface area (Å²) in [5.41, 5.74) is 0.893. The van der Waals surface area contributed by atoms with Crippen LogP contribution in [0.4, 0.5) is 0 Å². The Bertz CT molecular complexity index is 561. The van der Waals surface area contributed by atoms with E-state index in [0.29, 0.717) is 10.0 Å². The second-order valence-corrected chi connectivity index (χ2v) is 5.71. The van der Waals surface area contributed by atoms with Gasteiger partial charge in [0.05, 0.1) is 5.54 Å². The minimum absolute atomic E-state index is 0.0996. The summed E-state index contributed by atoms with van der Waals surface area (Å²) < 4.78 is 0. The van der Waals surface area contributed by atoms with E-state index in [4.69, 9.17) is 11.6 Å². The van der Waals surface area contributed by atoms with Crippen LogP contribution in [-0.2, 0) is 5.54 Å². The van der Waals surface area contributed by atoms with Gasteiger partial charge in [-0.05, 0) is 30.5 Å². The number of halogens is 1. The van der Waals surface area contributed by atoms with Crippen molar-refractivity contribution in [3.05, 3.63) is 51.4 Å². The lowest BCUT2D eigenvalue weighted by molar-refractivity contribution is 0.0930. The number of hydrogen-bond donors (Lipinski definition) is 1. The van der Waals surface area contributed by atoms with E-state index in [1.54, 1.807) is 11.6 Å². The molecular weight excluding hydrogens is 268 g/mol. The minimum Gasteiger partial charge on any atom is -0.340 e. The first-order valence-corrected chi connectivity index (χ1v) is 6.93. The summed E-state index contributed by atoms with van der Waals surface area (Å²) >= 11 is 7.23. The Balaban J connectivity index is 1.80. The van der Waals surface area contributed by atoms with Crippen LogP contribution in [0, 0.1) is 0 Å². The Labute approximate surface area is 114 Å². The van der Waals surface area contributed by atoms with E-state index >= 15 is 0 Å². The van der Waals surface area contributed by atoms with Crippen LogP contribution in [-0.4, -0.2) is 10.9 Å². The Hall–Kier alpha value is -1.39. The summed E-state index contributed by atoms with van der Waals surface area (Å²) in [6.45, 7) is 0.